The highest BCUT2D eigenvalue weighted by atomic mass is 16.6. The fourth-order valence-corrected chi connectivity index (χ4v) is 3.56. The first-order valence-corrected chi connectivity index (χ1v) is 10.7. The molecular formula is C26H27N3O3. The number of ether oxygens (including phenoxy) is 1. The van der Waals surface area contributed by atoms with Crippen molar-refractivity contribution in [1.82, 2.24) is 9.97 Å². The molecule has 0 N–H and O–H groups in total. The number of aromatic nitrogens is 2. The number of anilines is 1. The summed E-state index contributed by atoms with van der Waals surface area (Å²) in [4.78, 5) is 36.7. The molecule has 0 bridgehead atoms. The lowest BCUT2D eigenvalue weighted by Crippen LogP contribution is -2.42. The molecule has 1 aliphatic heterocycles. The average Bonchev–Trinajstić information content (AvgIpc) is 2.73. The van der Waals surface area contributed by atoms with E-state index in [0.29, 0.717) is 11.4 Å². The highest BCUT2D eigenvalue weighted by Gasteiger charge is 2.34. The normalized spacial score (nSPS) is 13.7. The quantitative estimate of drug-likeness (QED) is 0.518. The Morgan fingerprint density at radius 1 is 0.844 bits per heavy atom. The standard InChI is InChI=1S/C26H27N3O3/c1-16-6-10-18(11-7-16)21-22(19-12-8-17(2)9-13-19)28-24-23(27-21)20(30)14-15-29(24)25(31)32-26(3,4)5/h6-13H,14-15H2,1-5H3. The van der Waals surface area contributed by atoms with Crippen LogP contribution in [0.3, 0.4) is 0 Å². The predicted molar refractivity (Wildman–Crippen MR) is 125 cm³/mol. The van der Waals surface area contributed by atoms with Crippen molar-refractivity contribution >= 4 is 17.7 Å². The second-order valence-corrected chi connectivity index (χ2v) is 9.13. The summed E-state index contributed by atoms with van der Waals surface area (Å²) in [5, 5.41) is 0. The van der Waals surface area contributed by atoms with Gasteiger partial charge in [-0.2, -0.15) is 0 Å². The van der Waals surface area contributed by atoms with E-state index in [1.54, 1.807) is 0 Å². The molecule has 6 heteroatoms. The summed E-state index contributed by atoms with van der Waals surface area (Å²) in [5.74, 6) is 0.123. The number of fused-ring (bicyclic) bond motifs is 1. The van der Waals surface area contributed by atoms with Crippen LogP contribution in [-0.2, 0) is 4.74 Å². The maximum atomic E-state index is 12.9. The van der Waals surface area contributed by atoms with Crippen LogP contribution in [0.2, 0.25) is 0 Å². The summed E-state index contributed by atoms with van der Waals surface area (Å²) in [6.07, 6.45) is -0.350. The summed E-state index contributed by atoms with van der Waals surface area (Å²) < 4.78 is 5.57. The molecule has 0 radical (unpaired) electrons. The van der Waals surface area contributed by atoms with E-state index in [1.165, 1.54) is 4.90 Å². The van der Waals surface area contributed by atoms with E-state index >= 15 is 0 Å². The number of benzene rings is 2. The molecule has 0 saturated heterocycles. The lowest BCUT2D eigenvalue weighted by molar-refractivity contribution is 0.0576. The van der Waals surface area contributed by atoms with Crippen molar-refractivity contribution in [3.05, 3.63) is 65.4 Å². The van der Waals surface area contributed by atoms with E-state index in [0.717, 1.165) is 22.3 Å². The summed E-state index contributed by atoms with van der Waals surface area (Å²) in [7, 11) is 0. The van der Waals surface area contributed by atoms with Gasteiger partial charge in [0.2, 0.25) is 0 Å². The third-order valence-corrected chi connectivity index (χ3v) is 5.22. The number of hydrogen-bond donors (Lipinski definition) is 0. The minimum absolute atomic E-state index is 0.129. The van der Waals surface area contributed by atoms with Gasteiger partial charge in [-0.05, 0) is 34.6 Å². The van der Waals surface area contributed by atoms with E-state index < -0.39 is 11.7 Å². The fraction of sp³-hybridized carbons (Fsp3) is 0.308. The summed E-state index contributed by atoms with van der Waals surface area (Å²) >= 11 is 0. The minimum Gasteiger partial charge on any atom is -0.443 e. The topological polar surface area (TPSA) is 72.4 Å². The Balaban J connectivity index is 1.91. The zero-order valence-corrected chi connectivity index (χ0v) is 19.1. The van der Waals surface area contributed by atoms with Crippen molar-refractivity contribution in [2.75, 3.05) is 11.4 Å². The maximum Gasteiger partial charge on any atom is 0.416 e. The third kappa shape index (κ3) is 4.40. The van der Waals surface area contributed by atoms with Gasteiger partial charge in [0.05, 0.1) is 11.4 Å². The van der Waals surface area contributed by atoms with E-state index in [-0.39, 0.29) is 30.3 Å². The van der Waals surface area contributed by atoms with Crippen LogP contribution in [-0.4, -0.2) is 34.0 Å². The highest BCUT2D eigenvalue weighted by Crippen LogP contribution is 2.35. The Morgan fingerprint density at radius 3 is 1.84 bits per heavy atom. The second-order valence-electron chi connectivity index (χ2n) is 9.13. The van der Waals surface area contributed by atoms with E-state index in [2.05, 4.69) is 0 Å². The Kier molecular flexibility index (Phi) is 5.55. The van der Waals surface area contributed by atoms with Crippen LogP contribution in [0.1, 0.15) is 48.8 Å². The average molecular weight is 430 g/mol. The molecule has 0 saturated carbocycles. The Bertz CT molecular complexity index is 1180. The third-order valence-electron chi connectivity index (χ3n) is 5.22. The van der Waals surface area contributed by atoms with Crippen molar-refractivity contribution in [2.45, 2.75) is 46.6 Å². The molecule has 0 aliphatic carbocycles. The van der Waals surface area contributed by atoms with Crippen LogP contribution < -0.4 is 4.90 Å². The molecule has 3 aromatic rings. The number of carbonyl (C=O) groups is 2. The number of Topliss-reactive ketones (excluding diaryl/α,β-unsaturated/α-hetero) is 1. The number of nitrogens with zero attached hydrogens (tertiary/aromatic N) is 3. The van der Waals surface area contributed by atoms with Gasteiger partial charge in [-0.1, -0.05) is 59.7 Å². The number of hydrogen-bond acceptors (Lipinski definition) is 5. The number of rotatable bonds is 2. The predicted octanol–water partition coefficient (Wildman–Crippen LogP) is 5.76. The van der Waals surface area contributed by atoms with Gasteiger partial charge in [-0.15, -0.1) is 0 Å². The van der Waals surface area contributed by atoms with Crippen LogP contribution >= 0.6 is 0 Å². The molecule has 164 valence electrons. The Morgan fingerprint density at radius 2 is 1.34 bits per heavy atom. The van der Waals surface area contributed by atoms with Gasteiger partial charge in [0.15, 0.2) is 11.6 Å². The summed E-state index contributed by atoms with van der Waals surface area (Å²) in [5.41, 5.74) is 4.77. The number of amides is 1. The van der Waals surface area contributed by atoms with Gasteiger partial charge in [-0.25, -0.2) is 14.8 Å². The van der Waals surface area contributed by atoms with Gasteiger partial charge in [-0.3, -0.25) is 9.69 Å². The first-order valence-electron chi connectivity index (χ1n) is 10.7. The van der Waals surface area contributed by atoms with Crippen molar-refractivity contribution in [3.63, 3.8) is 0 Å². The summed E-state index contributed by atoms with van der Waals surface area (Å²) in [6, 6.07) is 15.9. The maximum absolute atomic E-state index is 12.9. The summed E-state index contributed by atoms with van der Waals surface area (Å²) in [6.45, 7) is 9.69. The van der Waals surface area contributed by atoms with Crippen LogP contribution in [0.4, 0.5) is 10.6 Å². The molecule has 0 fully saturated rings. The van der Waals surface area contributed by atoms with Crippen LogP contribution in [0, 0.1) is 13.8 Å². The highest BCUT2D eigenvalue weighted by molar-refractivity contribution is 6.06. The van der Waals surface area contributed by atoms with E-state index in [4.69, 9.17) is 14.7 Å². The van der Waals surface area contributed by atoms with Crippen LogP contribution in [0.15, 0.2) is 48.5 Å². The van der Waals surface area contributed by atoms with Crippen molar-refractivity contribution < 1.29 is 14.3 Å². The molecule has 4 rings (SSSR count). The van der Waals surface area contributed by atoms with Crippen molar-refractivity contribution in [2.24, 2.45) is 0 Å². The minimum atomic E-state index is -0.659. The van der Waals surface area contributed by atoms with Gasteiger partial charge < -0.3 is 4.74 Å². The molecule has 0 unspecified atom stereocenters. The molecule has 1 amide bonds. The zero-order valence-electron chi connectivity index (χ0n) is 19.1. The Hall–Kier alpha value is -3.54. The van der Waals surface area contributed by atoms with Gasteiger partial charge in [0, 0.05) is 24.1 Å². The molecule has 32 heavy (non-hydrogen) atoms. The molecule has 2 aromatic carbocycles. The first kappa shape index (κ1) is 21.7. The number of carbonyl (C=O) groups excluding carboxylic acids is 2. The van der Waals surface area contributed by atoms with Gasteiger partial charge >= 0.3 is 6.09 Å². The van der Waals surface area contributed by atoms with Gasteiger partial charge in [0.25, 0.3) is 0 Å². The van der Waals surface area contributed by atoms with Crippen LogP contribution in [0.25, 0.3) is 22.5 Å². The molecule has 6 nitrogen and oxygen atoms in total. The molecule has 2 heterocycles. The lowest BCUT2D eigenvalue weighted by atomic mass is 10.0. The number of ketones is 1. The van der Waals surface area contributed by atoms with Crippen molar-refractivity contribution in [3.8, 4) is 22.5 Å². The monoisotopic (exact) mass is 429 g/mol. The Labute approximate surface area is 188 Å². The lowest BCUT2D eigenvalue weighted by Gasteiger charge is -2.30. The molecule has 0 atom stereocenters. The fourth-order valence-electron chi connectivity index (χ4n) is 3.56. The second kappa shape index (κ2) is 8.19. The number of aryl methyl sites for hydroxylation is 2. The first-order chi connectivity index (χ1) is 15.1. The van der Waals surface area contributed by atoms with Gasteiger partial charge in [0.1, 0.15) is 11.3 Å². The van der Waals surface area contributed by atoms with E-state index in [1.807, 2.05) is 83.1 Å². The van der Waals surface area contributed by atoms with Crippen molar-refractivity contribution in [1.29, 1.82) is 0 Å². The molecule has 1 aliphatic rings. The largest absolute Gasteiger partial charge is 0.443 e. The van der Waals surface area contributed by atoms with E-state index in [9.17, 15) is 9.59 Å². The zero-order chi connectivity index (χ0) is 23.0. The molecule has 0 spiro atoms. The smallest absolute Gasteiger partial charge is 0.416 e. The molecule has 1 aromatic heterocycles. The molecular weight excluding hydrogens is 402 g/mol. The van der Waals surface area contributed by atoms with Crippen LogP contribution in [0.5, 0.6) is 0 Å². The SMILES string of the molecule is Cc1ccc(-c2nc3c(nc2-c2ccc(C)cc2)N(C(=O)OC(C)(C)C)CCC3=O)cc1.